The Labute approximate surface area is 187 Å². The van der Waals surface area contributed by atoms with Crippen LogP contribution in [0.25, 0.3) is 6.08 Å². The lowest BCUT2D eigenvalue weighted by molar-refractivity contribution is -0.137. The number of nitrogens with zero attached hydrogens (tertiary/aromatic N) is 1. The summed E-state index contributed by atoms with van der Waals surface area (Å²) < 4.78 is 10.7. The molecule has 0 unspecified atom stereocenters. The number of hydrazine groups is 1. The molecule has 8 nitrogen and oxygen atoms in total. The lowest BCUT2D eigenvalue weighted by Crippen LogP contribution is -2.44. The Morgan fingerprint density at radius 2 is 1.94 bits per heavy atom. The van der Waals surface area contributed by atoms with E-state index in [1.54, 1.807) is 54.6 Å². The van der Waals surface area contributed by atoms with Crippen molar-refractivity contribution in [3.8, 4) is 11.5 Å². The predicted molar refractivity (Wildman–Crippen MR) is 120 cm³/mol. The van der Waals surface area contributed by atoms with Crippen LogP contribution >= 0.6 is 24.0 Å². The number of methoxy groups -OCH3 is 1. The third kappa shape index (κ3) is 5.83. The van der Waals surface area contributed by atoms with Crippen LogP contribution in [-0.2, 0) is 9.59 Å². The van der Waals surface area contributed by atoms with Crippen LogP contribution in [0.1, 0.15) is 22.3 Å². The molecule has 1 aliphatic heterocycles. The molecule has 2 amide bonds. The van der Waals surface area contributed by atoms with E-state index in [9.17, 15) is 14.4 Å². The minimum absolute atomic E-state index is 0.0400. The standard InChI is InChI=1S/C21H18N2O6S2/c1-28-15-7-5-14(6-8-15)19(26)22-23-20(27)17(31-21(23)30)12-13-3-2-4-16(11-13)29-10-9-18(24)25/h2-8,11-12H,9-10H2,1H3,(H,22,26)(H,24,25)/b17-12+. The number of hydrogen-bond acceptors (Lipinski definition) is 7. The van der Waals surface area contributed by atoms with E-state index in [2.05, 4.69) is 5.43 Å². The molecule has 0 bridgehead atoms. The van der Waals surface area contributed by atoms with E-state index in [0.29, 0.717) is 27.5 Å². The van der Waals surface area contributed by atoms with E-state index in [-0.39, 0.29) is 17.3 Å². The van der Waals surface area contributed by atoms with Crippen LogP contribution in [0.3, 0.4) is 0 Å². The summed E-state index contributed by atoms with van der Waals surface area (Å²) in [4.78, 5) is 36.1. The third-order valence-corrected chi connectivity index (χ3v) is 5.40. The topological polar surface area (TPSA) is 105 Å². The Morgan fingerprint density at radius 3 is 2.61 bits per heavy atom. The first-order chi connectivity index (χ1) is 14.9. The molecular formula is C21H18N2O6S2. The molecule has 1 saturated heterocycles. The van der Waals surface area contributed by atoms with Gasteiger partial charge in [0.1, 0.15) is 11.5 Å². The fraction of sp³-hybridized carbons (Fsp3) is 0.143. The maximum absolute atomic E-state index is 12.7. The van der Waals surface area contributed by atoms with Gasteiger partial charge in [0.25, 0.3) is 11.8 Å². The number of thioether (sulfide) groups is 1. The van der Waals surface area contributed by atoms with E-state index in [1.165, 1.54) is 7.11 Å². The Balaban J connectivity index is 1.68. The molecule has 31 heavy (non-hydrogen) atoms. The normalized spacial score (nSPS) is 14.6. The number of carbonyl (C=O) groups is 3. The van der Waals surface area contributed by atoms with Crippen molar-refractivity contribution in [3.05, 3.63) is 64.6 Å². The van der Waals surface area contributed by atoms with Gasteiger partial charge in [-0.1, -0.05) is 23.9 Å². The highest BCUT2D eigenvalue weighted by Gasteiger charge is 2.33. The first-order valence-corrected chi connectivity index (χ1v) is 10.3. The molecule has 0 saturated carbocycles. The average molecular weight is 459 g/mol. The van der Waals surface area contributed by atoms with Gasteiger partial charge in [-0.15, -0.1) is 0 Å². The van der Waals surface area contributed by atoms with Crippen molar-refractivity contribution in [1.82, 2.24) is 10.4 Å². The molecule has 160 valence electrons. The summed E-state index contributed by atoms with van der Waals surface area (Å²) in [6.45, 7) is 0.0400. The first-order valence-electron chi connectivity index (χ1n) is 9.05. The van der Waals surface area contributed by atoms with E-state index in [0.717, 1.165) is 16.8 Å². The number of rotatable bonds is 8. The Hall–Kier alpha value is -3.37. The van der Waals surface area contributed by atoms with Crippen LogP contribution in [0.4, 0.5) is 0 Å². The summed E-state index contributed by atoms with van der Waals surface area (Å²) >= 11 is 6.30. The van der Waals surface area contributed by atoms with Crippen LogP contribution in [0.5, 0.6) is 11.5 Å². The molecule has 1 aliphatic rings. The molecule has 2 N–H and O–H groups in total. The van der Waals surface area contributed by atoms with E-state index in [4.69, 9.17) is 26.8 Å². The number of nitrogens with one attached hydrogen (secondary N) is 1. The summed E-state index contributed by atoms with van der Waals surface area (Å²) in [5.41, 5.74) is 3.55. The van der Waals surface area contributed by atoms with Gasteiger partial charge >= 0.3 is 5.97 Å². The number of carboxylic acids is 1. The zero-order valence-electron chi connectivity index (χ0n) is 16.4. The highest BCUT2D eigenvalue weighted by Crippen LogP contribution is 2.32. The Morgan fingerprint density at radius 1 is 1.19 bits per heavy atom. The van der Waals surface area contributed by atoms with E-state index in [1.807, 2.05) is 0 Å². The van der Waals surface area contributed by atoms with Gasteiger partial charge in [-0.2, -0.15) is 5.01 Å². The number of hydrogen-bond donors (Lipinski definition) is 2. The minimum atomic E-state index is -0.948. The fourth-order valence-electron chi connectivity index (χ4n) is 2.57. The average Bonchev–Trinajstić information content (AvgIpc) is 3.01. The van der Waals surface area contributed by atoms with Crippen molar-refractivity contribution in [2.24, 2.45) is 0 Å². The lowest BCUT2D eigenvalue weighted by atomic mass is 10.2. The van der Waals surface area contributed by atoms with Crippen molar-refractivity contribution in [1.29, 1.82) is 0 Å². The number of benzene rings is 2. The predicted octanol–water partition coefficient (Wildman–Crippen LogP) is 3.09. The van der Waals surface area contributed by atoms with Gasteiger partial charge in [0.15, 0.2) is 4.32 Å². The molecule has 0 spiro atoms. The Bertz CT molecular complexity index is 1050. The fourth-order valence-corrected chi connectivity index (χ4v) is 3.75. The van der Waals surface area contributed by atoms with Gasteiger partial charge in [0.05, 0.1) is 25.0 Å². The second kappa shape index (κ2) is 10.1. The minimum Gasteiger partial charge on any atom is -0.497 e. The van der Waals surface area contributed by atoms with Gasteiger partial charge < -0.3 is 14.6 Å². The highest BCUT2D eigenvalue weighted by molar-refractivity contribution is 8.26. The van der Waals surface area contributed by atoms with Crippen molar-refractivity contribution in [2.45, 2.75) is 6.42 Å². The molecule has 0 aliphatic carbocycles. The van der Waals surface area contributed by atoms with Crippen molar-refractivity contribution >= 4 is 52.2 Å². The van der Waals surface area contributed by atoms with Crippen LogP contribution in [0.15, 0.2) is 53.4 Å². The van der Waals surface area contributed by atoms with Crippen LogP contribution in [0.2, 0.25) is 0 Å². The third-order valence-electron chi connectivity index (χ3n) is 4.10. The Kier molecular flexibility index (Phi) is 7.27. The molecule has 1 heterocycles. The van der Waals surface area contributed by atoms with E-state index >= 15 is 0 Å². The monoisotopic (exact) mass is 458 g/mol. The summed E-state index contributed by atoms with van der Waals surface area (Å²) in [6, 6.07) is 13.3. The van der Waals surface area contributed by atoms with Gasteiger partial charge in [0.2, 0.25) is 0 Å². The number of carbonyl (C=O) groups excluding carboxylic acids is 2. The molecule has 0 atom stereocenters. The quantitative estimate of drug-likeness (QED) is 0.459. The van der Waals surface area contributed by atoms with Crippen molar-refractivity contribution in [3.63, 3.8) is 0 Å². The van der Waals surface area contributed by atoms with Crippen LogP contribution in [0, 0.1) is 0 Å². The van der Waals surface area contributed by atoms with Gasteiger partial charge in [-0.05, 0) is 60.3 Å². The van der Waals surface area contributed by atoms with Crippen LogP contribution in [-0.4, -0.2) is 45.9 Å². The molecule has 0 aromatic heterocycles. The highest BCUT2D eigenvalue weighted by atomic mass is 32.2. The second-order valence-corrected chi connectivity index (χ2v) is 7.93. The molecule has 3 rings (SSSR count). The number of amides is 2. The summed E-state index contributed by atoms with van der Waals surface area (Å²) in [5.74, 6) is -0.780. The van der Waals surface area contributed by atoms with Gasteiger partial charge in [-0.25, -0.2) is 0 Å². The maximum atomic E-state index is 12.7. The van der Waals surface area contributed by atoms with Crippen molar-refractivity contribution in [2.75, 3.05) is 13.7 Å². The molecule has 10 heteroatoms. The van der Waals surface area contributed by atoms with Crippen molar-refractivity contribution < 1.29 is 29.0 Å². The number of thiocarbonyl (C=S) groups is 1. The molecule has 2 aromatic carbocycles. The summed E-state index contributed by atoms with van der Waals surface area (Å²) in [7, 11) is 1.53. The first kappa shape index (κ1) is 22.3. The molecule has 2 aromatic rings. The molecule has 1 fully saturated rings. The van der Waals surface area contributed by atoms with E-state index < -0.39 is 17.8 Å². The van der Waals surface area contributed by atoms with Gasteiger partial charge in [0, 0.05) is 5.56 Å². The van der Waals surface area contributed by atoms with Crippen LogP contribution < -0.4 is 14.9 Å². The number of carboxylic acid groups (broad SMARTS) is 1. The maximum Gasteiger partial charge on any atom is 0.306 e. The lowest BCUT2D eigenvalue weighted by Gasteiger charge is -2.15. The molecule has 0 radical (unpaired) electrons. The number of ether oxygens (including phenoxy) is 2. The smallest absolute Gasteiger partial charge is 0.306 e. The SMILES string of the molecule is COc1ccc(C(=O)NN2C(=O)/C(=C\c3cccc(OCCC(=O)O)c3)SC2=S)cc1. The number of aliphatic carboxylic acids is 1. The zero-order chi connectivity index (χ0) is 22.4. The summed E-state index contributed by atoms with van der Waals surface area (Å²) in [5, 5.41) is 9.72. The largest absolute Gasteiger partial charge is 0.497 e. The van der Waals surface area contributed by atoms with Gasteiger partial charge in [-0.3, -0.25) is 19.8 Å². The second-order valence-electron chi connectivity index (χ2n) is 6.25. The zero-order valence-corrected chi connectivity index (χ0v) is 18.0. The molecular weight excluding hydrogens is 440 g/mol. The summed E-state index contributed by atoms with van der Waals surface area (Å²) in [6.07, 6.45) is 1.51.